The minimum atomic E-state index is -0.0642. The SMILES string of the molecule is CC(C)C(N)CCN(C)C(=O)c1cc(-c2ccccc2)n[nH]1. The maximum atomic E-state index is 12.4. The van der Waals surface area contributed by atoms with Crippen molar-refractivity contribution in [2.24, 2.45) is 11.7 Å². The van der Waals surface area contributed by atoms with Gasteiger partial charge in [0.25, 0.3) is 5.91 Å². The monoisotopic (exact) mass is 300 g/mol. The van der Waals surface area contributed by atoms with E-state index < -0.39 is 0 Å². The molecular weight excluding hydrogens is 276 g/mol. The van der Waals surface area contributed by atoms with Crippen LogP contribution in [0.3, 0.4) is 0 Å². The minimum absolute atomic E-state index is 0.0642. The van der Waals surface area contributed by atoms with E-state index in [0.29, 0.717) is 18.2 Å². The minimum Gasteiger partial charge on any atom is -0.340 e. The van der Waals surface area contributed by atoms with Gasteiger partial charge in [0.1, 0.15) is 5.69 Å². The maximum absolute atomic E-state index is 12.4. The Morgan fingerprint density at radius 1 is 1.32 bits per heavy atom. The Kier molecular flexibility index (Phi) is 5.33. The lowest BCUT2D eigenvalue weighted by molar-refractivity contribution is 0.0783. The van der Waals surface area contributed by atoms with Crippen LogP contribution in [0.15, 0.2) is 36.4 Å². The maximum Gasteiger partial charge on any atom is 0.271 e. The van der Waals surface area contributed by atoms with Gasteiger partial charge >= 0.3 is 0 Å². The Labute approximate surface area is 131 Å². The normalized spacial score (nSPS) is 12.4. The van der Waals surface area contributed by atoms with Crippen molar-refractivity contribution in [3.05, 3.63) is 42.1 Å². The van der Waals surface area contributed by atoms with Gasteiger partial charge in [0, 0.05) is 25.2 Å². The fourth-order valence-corrected chi connectivity index (χ4v) is 2.17. The second-order valence-corrected chi connectivity index (χ2v) is 5.96. The van der Waals surface area contributed by atoms with Crippen molar-refractivity contribution in [1.29, 1.82) is 0 Å². The summed E-state index contributed by atoms with van der Waals surface area (Å²) in [6.45, 7) is 4.82. The molecule has 5 nitrogen and oxygen atoms in total. The number of H-pyrrole nitrogens is 1. The predicted octanol–water partition coefficient (Wildman–Crippen LogP) is 2.52. The summed E-state index contributed by atoms with van der Waals surface area (Å²) < 4.78 is 0. The van der Waals surface area contributed by atoms with Gasteiger partial charge in [-0.15, -0.1) is 0 Å². The lowest BCUT2D eigenvalue weighted by Crippen LogP contribution is -2.34. The number of nitrogens with two attached hydrogens (primary N) is 1. The quantitative estimate of drug-likeness (QED) is 0.860. The molecular formula is C17H24N4O. The third kappa shape index (κ3) is 3.95. The van der Waals surface area contributed by atoms with Crippen molar-refractivity contribution in [3.63, 3.8) is 0 Å². The molecule has 0 aliphatic rings. The molecule has 1 amide bonds. The van der Waals surface area contributed by atoms with Gasteiger partial charge in [-0.2, -0.15) is 5.10 Å². The molecule has 5 heteroatoms. The van der Waals surface area contributed by atoms with E-state index in [1.165, 1.54) is 0 Å². The molecule has 0 fully saturated rings. The van der Waals surface area contributed by atoms with Crippen LogP contribution in [0.25, 0.3) is 11.3 Å². The van der Waals surface area contributed by atoms with Crippen LogP contribution < -0.4 is 5.73 Å². The van der Waals surface area contributed by atoms with E-state index in [1.807, 2.05) is 30.3 Å². The first-order valence-electron chi connectivity index (χ1n) is 7.61. The molecule has 2 aromatic rings. The smallest absolute Gasteiger partial charge is 0.271 e. The Morgan fingerprint density at radius 2 is 2.00 bits per heavy atom. The highest BCUT2D eigenvalue weighted by molar-refractivity contribution is 5.93. The molecule has 1 heterocycles. The fraction of sp³-hybridized carbons (Fsp3) is 0.412. The summed E-state index contributed by atoms with van der Waals surface area (Å²) in [5.41, 5.74) is 8.29. The van der Waals surface area contributed by atoms with Gasteiger partial charge in [-0.1, -0.05) is 44.2 Å². The third-order valence-corrected chi connectivity index (χ3v) is 3.88. The van der Waals surface area contributed by atoms with E-state index in [9.17, 15) is 4.79 Å². The number of benzene rings is 1. The average Bonchev–Trinajstić information content (AvgIpc) is 3.02. The second-order valence-electron chi connectivity index (χ2n) is 5.96. The van der Waals surface area contributed by atoms with Crippen LogP contribution in [0.5, 0.6) is 0 Å². The zero-order valence-corrected chi connectivity index (χ0v) is 13.4. The Hall–Kier alpha value is -2.14. The highest BCUT2D eigenvalue weighted by Crippen LogP contribution is 2.17. The lowest BCUT2D eigenvalue weighted by Gasteiger charge is -2.21. The highest BCUT2D eigenvalue weighted by atomic mass is 16.2. The highest BCUT2D eigenvalue weighted by Gasteiger charge is 2.17. The Bertz CT molecular complexity index is 606. The van der Waals surface area contributed by atoms with E-state index in [1.54, 1.807) is 18.0 Å². The number of amides is 1. The zero-order valence-electron chi connectivity index (χ0n) is 13.4. The molecule has 0 spiro atoms. The van der Waals surface area contributed by atoms with E-state index in [-0.39, 0.29) is 11.9 Å². The average molecular weight is 300 g/mol. The van der Waals surface area contributed by atoms with Crippen LogP contribution in [0.4, 0.5) is 0 Å². The fourth-order valence-electron chi connectivity index (χ4n) is 2.17. The second kappa shape index (κ2) is 7.22. The third-order valence-electron chi connectivity index (χ3n) is 3.88. The van der Waals surface area contributed by atoms with E-state index in [4.69, 9.17) is 5.73 Å². The van der Waals surface area contributed by atoms with Gasteiger partial charge in [0.05, 0.1) is 5.69 Å². The van der Waals surface area contributed by atoms with Crippen LogP contribution >= 0.6 is 0 Å². The molecule has 118 valence electrons. The van der Waals surface area contributed by atoms with E-state index >= 15 is 0 Å². The molecule has 1 aromatic heterocycles. The van der Waals surface area contributed by atoms with Crippen molar-refractivity contribution in [3.8, 4) is 11.3 Å². The number of nitrogens with one attached hydrogen (secondary N) is 1. The topological polar surface area (TPSA) is 75.0 Å². The summed E-state index contributed by atoms with van der Waals surface area (Å²) in [6, 6.07) is 11.7. The van der Waals surface area contributed by atoms with Crippen LogP contribution in [-0.2, 0) is 0 Å². The number of hydrogen-bond acceptors (Lipinski definition) is 3. The molecule has 0 bridgehead atoms. The number of hydrogen-bond donors (Lipinski definition) is 2. The molecule has 1 unspecified atom stereocenters. The summed E-state index contributed by atoms with van der Waals surface area (Å²) in [5.74, 6) is 0.353. The molecule has 0 aliphatic heterocycles. The summed E-state index contributed by atoms with van der Waals surface area (Å²) in [6.07, 6.45) is 0.791. The summed E-state index contributed by atoms with van der Waals surface area (Å²) >= 11 is 0. The number of nitrogens with zero attached hydrogens (tertiary/aromatic N) is 2. The summed E-state index contributed by atoms with van der Waals surface area (Å²) in [7, 11) is 1.79. The van der Waals surface area contributed by atoms with Gasteiger partial charge < -0.3 is 10.6 Å². The van der Waals surface area contributed by atoms with Crippen molar-refractivity contribution >= 4 is 5.91 Å². The molecule has 0 saturated heterocycles. The first kappa shape index (κ1) is 16.2. The molecule has 22 heavy (non-hydrogen) atoms. The molecule has 3 N–H and O–H groups in total. The number of aromatic amines is 1. The number of carbonyl (C=O) groups excluding carboxylic acids is 1. The van der Waals surface area contributed by atoms with Gasteiger partial charge in [-0.05, 0) is 18.4 Å². The van der Waals surface area contributed by atoms with Gasteiger partial charge in [-0.25, -0.2) is 0 Å². The molecule has 0 radical (unpaired) electrons. The van der Waals surface area contributed by atoms with Crippen molar-refractivity contribution < 1.29 is 4.79 Å². The Morgan fingerprint density at radius 3 is 2.64 bits per heavy atom. The predicted molar refractivity (Wildman–Crippen MR) is 88.4 cm³/mol. The largest absolute Gasteiger partial charge is 0.340 e. The molecule has 1 atom stereocenters. The number of aromatic nitrogens is 2. The first-order valence-corrected chi connectivity index (χ1v) is 7.61. The van der Waals surface area contributed by atoms with Crippen LogP contribution in [0.1, 0.15) is 30.8 Å². The zero-order chi connectivity index (χ0) is 16.1. The number of carbonyl (C=O) groups is 1. The molecule has 1 aromatic carbocycles. The first-order chi connectivity index (χ1) is 10.5. The molecule has 0 aliphatic carbocycles. The van der Waals surface area contributed by atoms with Gasteiger partial charge in [-0.3, -0.25) is 9.89 Å². The summed E-state index contributed by atoms with van der Waals surface area (Å²) in [4.78, 5) is 14.1. The Balaban J connectivity index is 2.00. The van der Waals surface area contributed by atoms with Gasteiger partial charge in [0.15, 0.2) is 0 Å². The molecule has 2 rings (SSSR count). The molecule has 0 saturated carbocycles. The van der Waals surface area contributed by atoms with E-state index in [2.05, 4.69) is 24.0 Å². The van der Waals surface area contributed by atoms with Crippen molar-refractivity contribution in [2.75, 3.05) is 13.6 Å². The number of rotatable bonds is 6. The summed E-state index contributed by atoms with van der Waals surface area (Å²) in [5, 5.41) is 7.04. The van der Waals surface area contributed by atoms with Gasteiger partial charge in [0.2, 0.25) is 0 Å². The van der Waals surface area contributed by atoms with Crippen LogP contribution in [0.2, 0.25) is 0 Å². The van der Waals surface area contributed by atoms with Crippen molar-refractivity contribution in [2.45, 2.75) is 26.3 Å². The van der Waals surface area contributed by atoms with Crippen LogP contribution in [-0.4, -0.2) is 40.6 Å². The van der Waals surface area contributed by atoms with E-state index in [0.717, 1.165) is 17.7 Å². The standard InChI is InChI=1S/C17H24N4O/c1-12(2)14(18)9-10-21(3)17(22)16-11-15(19-20-16)13-7-5-4-6-8-13/h4-8,11-12,14H,9-10,18H2,1-3H3,(H,19,20). The van der Waals surface area contributed by atoms with Crippen LogP contribution in [0, 0.1) is 5.92 Å². The lowest BCUT2D eigenvalue weighted by atomic mass is 10.0. The van der Waals surface area contributed by atoms with Crippen molar-refractivity contribution in [1.82, 2.24) is 15.1 Å².